The predicted molar refractivity (Wildman–Crippen MR) is 66.0 cm³/mol. The Balaban J connectivity index is 2.02. The van der Waals surface area contributed by atoms with Gasteiger partial charge in [-0.25, -0.2) is 0 Å². The Bertz CT molecular complexity index is 464. The molecule has 0 saturated heterocycles. The molecule has 1 heterocycles. The summed E-state index contributed by atoms with van der Waals surface area (Å²) in [5, 5.41) is 0. The maximum absolute atomic E-state index is 11.2. The Morgan fingerprint density at radius 2 is 2.31 bits per heavy atom. The fraction of sp³-hybridized carbons (Fsp3) is 0.273. The first-order valence-electron chi connectivity index (χ1n) is 4.93. The van der Waals surface area contributed by atoms with Crippen molar-refractivity contribution in [2.45, 2.75) is 9.97 Å². The van der Waals surface area contributed by atoms with Crippen LogP contribution in [0.5, 0.6) is 0 Å². The molecule has 0 aliphatic carbocycles. The fourth-order valence-corrected chi connectivity index (χ4v) is 5.38. The normalized spacial score (nSPS) is 10.6. The van der Waals surface area contributed by atoms with E-state index in [4.69, 9.17) is 4.74 Å². The second-order valence-electron chi connectivity index (χ2n) is 3.04. The molecule has 0 amide bonds. The van der Waals surface area contributed by atoms with Gasteiger partial charge in [0.05, 0.1) is 0 Å². The third-order valence-electron chi connectivity index (χ3n) is 1.89. The SMILES string of the molecule is CCOC(=O)CSc1nc2ccccc2[te]1. The molecule has 2 rings (SSSR count). The van der Waals surface area contributed by atoms with Crippen molar-refractivity contribution >= 4 is 47.1 Å². The number of para-hydroxylation sites is 1. The van der Waals surface area contributed by atoms with Crippen LogP contribution in [0.1, 0.15) is 6.92 Å². The summed E-state index contributed by atoms with van der Waals surface area (Å²) in [5.41, 5.74) is 1.08. The molecule has 2 aromatic rings. The average Bonchev–Trinajstić information content (AvgIpc) is 2.69. The van der Waals surface area contributed by atoms with Crippen molar-refractivity contribution in [3.8, 4) is 0 Å². The minimum absolute atomic E-state index is 0.154. The van der Waals surface area contributed by atoms with Gasteiger partial charge in [-0.3, -0.25) is 0 Å². The third-order valence-corrected chi connectivity index (χ3v) is 6.55. The second kappa shape index (κ2) is 5.72. The molecule has 0 saturated carbocycles. The summed E-state index contributed by atoms with van der Waals surface area (Å²) < 4.78 is 7.36. The molecule has 0 aliphatic heterocycles. The van der Waals surface area contributed by atoms with Gasteiger partial charge in [0.25, 0.3) is 0 Å². The van der Waals surface area contributed by atoms with Crippen LogP contribution in [0.3, 0.4) is 0 Å². The zero-order valence-corrected chi connectivity index (χ0v) is 12.0. The van der Waals surface area contributed by atoms with Gasteiger partial charge in [-0.2, -0.15) is 0 Å². The molecule has 0 spiro atoms. The van der Waals surface area contributed by atoms with Gasteiger partial charge < -0.3 is 0 Å². The number of fused-ring (bicyclic) bond motifs is 1. The molecule has 0 radical (unpaired) electrons. The Morgan fingerprint density at radius 3 is 3.06 bits per heavy atom. The van der Waals surface area contributed by atoms with Gasteiger partial charge in [0.1, 0.15) is 0 Å². The summed E-state index contributed by atoms with van der Waals surface area (Å²) >= 11 is 1.16. The van der Waals surface area contributed by atoms with Crippen LogP contribution in [0.4, 0.5) is 0 Å². The van der Waals surface area contributed by atoms with E-state index in [1.165, 1.54) is 15.2 Å². The van der Waals surface area contributed by atoms with Crippen molar-refractivity contribution in [3.05, 3.63) is 24.3 Å². The van der Waals surface area contributed by atoms with Gasteiger partial charge in [0.2, 0.25) is 0 Å². The van der Waals surface area contributed by atoms with E-state index in [0.29, 0.717) is 12.4 Å². The number of benzene rings is 1. The summed E-state index contributed by atoms with van der Waals surface area (Å²) in [7, 11) is 0. The number of carbonyl (C=O) groups excluding carboxylic acids is 1. The van der Waals surface area contributed by atoms with Crippen LogP contribution < -0.4 is 0 Å². The van der Waals surface area contributed by atoms with Crippen molar-refractivity contribution in [2.24, 2.45) is 0 Å². The molecule has 0 bridgehead atoms. The molecule has 0 atom stereocenters. The Kier molecular flexibility index (Phi) is 4.28. The summed E-state index contributed by atoms with van der Waals surface area (Å²) in [4.78, 5) is 15.7. The molecule has 5 heteroatoms. The number of ether oxygens (including phenoxy) is 1. The zero-order chi connectivity index (χ0) is 11.4. The molecule has 16 heavy (non-hydrogen) atoms. The minimum atomic E-state index is -0.364. The predicted octanol–water partition coefficient (Wildman–Crippen LogP) is 1.95. The average molecular weight is 349 g/mol. The van der Waals surface area contributed by atoms with Crippen LogP contribution >= 0.6 is 11.8 Å². The summed E-state index contributed by atoms with van der Waals surface area (Å²) in [6, 6.07) is 8.18. The number of nitrogens with zero attached hydrogens (tertiary/aromatic N) is 1. The van der Waals surface area contributed by atoms with Crippen LogP contribution in [-0.4, -0.2) is 43.7 Å². The number of hydrogen-bond acceptors (Lipinski definition) is 4. The van der Waals surface area contributed by atoms with Gasteiger partial charge in [0, 0.05) is 0 Å². The molecule has 0 aliphatic rings. The van der Waals surface area contributed by atoms with Gasteiger partial charge in [-0.15, -0.1) is 0 Å². The van der Waals surface area contributed by atoms with E-state index in [1.807, 2.05) is 25.1 Å². The Labute approximate surface area is 108 Å². The van der Waals surface area contributed by atoms with Crippen LogP contribution in [0.25, 0.3) is 8.92 Å². The van der Waals surface area contributed by atoms with Crippen LogP contribution in [0.2, 0.25) is 0 Å². The first-order valence-corrected chi connectivity index (χ1v) is 8.25. The van der Waals surface area contributed by atoms with Crippen molar-refractivity contribution < 1.29 is 9.53 Å². The van der Waals surface area contributed by atoms with E-state index < -0.39 is 0 Å². The molecule has 3 nitrogen and oxygen atoms in total. The third kappa shape index (κ3) is 3.00. The number of aromatic nitrogens is 1. The number of carbonyl (C=O) groups is 1. The number of hydrogen-bond donors (Lipinski definition) is 0. The molecule has 1 aromatic carbocycles. The number of esters is 1. The van der Waals surface area contributed by atoms with Gasteiger partial charge in [-0.05, 0) is 0 Å². The van der Waals surface area contributed by atoms with Crippen molar-refractivity contribution in [3.63, 3.8) is 0 Å². The molecule has 0 unspecified atom stereocenters. The van der Waals surface area contributed by atoms with Gasteiger partial charge in [0.15, 0.2) is 0 Å². The van der Waals surface area contributed by atoms with E-state index in [2.05, 4.69) is 11.1 Å². The van der Waals surface area contributed by atoms with Crippen LogP contribution in [0.15, 0.2) is 27.3 Å². The standard InChI is InChI=1S/C11H11NO2STe/c1-2-14-10(13)7-15-11-12-8-5-3-4-6-9(8)16-11/h3-6H,2,7H2,1H3. The van der Waals surface area contributed by atoms with Crippen molar-refractivity contribution in [1.29, 1.82) is 0 Å². The molecular formula is C11H11NO2STe. The summed E-state index contributed by atoms with van der Waals surface area (Å²) in [6.45, 7) is 2.27. The van der Waals surface area contributed by atoms with Crippen molar-refractivity contribution in [2.75, 3.05) is 12.4 Å². The Morgan fingerprint density at radius 1 is 1.50 bits per heavy atom. The van der Waals surface area contributed by atoms with E-state index >= 15 is 0 Å². The van der Waals surface area contributed by atoms with Crippen LogP contribution in [-0.2, 0) is 9.53 Å². The monoisotopic (exact) mass is 351 g/mol. The topological polar surface area (TPSA) is 39.2 Å². The first-order chi connectivity index (χ1) is 7.79. The fourth-order valence-electron chi connectivity index (χ4n) is 1.24. The summed E-state index contributed by atoms with van der Waals surface area (Å²) in [5.74, 6) is 0.226. The quantitative estimate of drug-likeness (QED) is 0.481. The Hall–Kier alpha value is -0.500. The van der Waals surface area contributed by atoms with E-state index in [1.54, 1.807) is 0 Å². The maximum atomic E-state index is 11.2. The van der Waals surface area contributed by atoms with E-state index in [9.17, 15) is 4.79 Å². The molecular weight excluding hydrogens is 338 g/mol. The molecule has 1 aromatic heterocycles. The van der Waals surface area contributed by atoms with E-state index in [0.717, 1.165) is 8.56 Å². The molecule has 84 valence electrons. The number of thioether (sulfide) groups is 1. The van der Waals surface area contributed by atoms with Crippen LogP contribution in [0, 0.1) is 0 Å². The van der Waals surface area contributed by atoms with Gasteiger partial charge >= 0.3 is 108 Å². The van der Waals surface area contributed by atoms with E-state index in [-0.39, 0.29) is 26.4 Å². The zero-order valence-electron chi connectivity index (χ0n) is 8.80. The molecule has 0 fully saturated rings. The molecule has 0 N–H and O–H groups in total. The number of rotatable bonds is 4. The second-order valence-corrected chi connectivity index (χ2v) is 7.75. The van der Waals surface area contributed by atoms with Crippen molar-refractivity contribution in [1.82, 2.24) is 4.98 Å². The van der Waals surface area contributed by atoms with Gasteiger partial charge in [-0.1, -0.05) is 0 Å². The first kappa shape index (κ1) is 12.0. The summed E-state index contributed by atoms with van der Waals surface area (Å²) in [6.07, 6.45) is 0.